The van der Waals surface area contributed by atoms with E-state index in [9.17, 15) is 19.5 Å². The zero-order chi connectivity index (χ0) is 32.6. The van der Waals surface area contributed by atoms with Crippen LogP contribution in [-0.2, 0) is 23.9 Å². The van der Waals surface area contributed by atoms with Crippen LogP contribution in [0.4, 0.5) is 11.4 Å². The molecule has 5 atom stereocenters. The number of hydrogen-bond donors (Lipinski definition) is 1. The zero-order valence-corrected chi connectivity index (χ0v) is 27.5. The Morgan fingerprint density at radius 1 is 1.02 bits per heavy atom. The number of likely N-dealkylation sites (tertiary alicyclic amines) is 1. The monoisotopic (exact) mass is 623 g/mol. The van der Waals surface area contributed by atoms with Gasteiger partial charge in [-0.15, -0.1) is 13.2 Å². The summed E-state index contributed by atoms with van der Waals surface area (Å²) in [5.41, 5.74) is -0.164. The third-order valence-corrected chi connectivity index (χ3v) is 10.1. The van der Waals surface area contributed by atoms with E-state index < -0.39 is 35.0 Å². The molecule has 248 valence electrons. The molecule has 2 bridgehead atoms. The molecule has 2 amide bonds. The van der Waals surface area contributed by atoms with Crippen molar-refractivity contribution < 1.29 is 29.0 Å². The molecule has 0 aromatic heterocycles. The number of anilines is 2. The summed E-state index contributed by atoms with van der Waals surface area (Å²) >= 11 is 0. The number of ether oxygens (including phenoxy) is 2. The number of allylic oxidation sites excluding steroid dienone is 1. The zero-order valence-electron chi connectivity index (χ0n) is 27.5. The van der Waals surface area contributed by atoms with E-state index in [-0.39, 0.29) is 31.6 Å². The van der Waals surface area contributed by atoms with Gasteiger partial charge in [-0.3, -0.25) is 14.4 Å². The molecule has 3 aliphatic rings. The van der Waals surface area contributed by atoms with Gasteiger partial charge in [0, 0.05) is 44.2 Å². The first kappa shape index (κ1) is 34.7. The maximum absolute atomic E-state index is 14.8. The van der Waals surface area contributed by atoms with Crippen LogP contribution in [-0.4, -0.2) is 84.4 Å². The van der Waals surface area contributed by atoms with E-state index in [1.807, 2.05) is 37.3 Å². The average Bonchev–Trinajstić information content (AvgIpc) is 3.66. The van der Waals surface area contributed by atoms with Crippen molar-refractivity contribution in [1.29, 1.82) is 0 Å². The number of carbonyl (C=O) groups excluding carboxylic acids is 3. The Morgan fingerprint density at radius 2 is 1.73 bits per heavy atom. The lowest BCUT2D eigenvalue weighted by Crippen LogP contribution is -2.56. The molecule has 4 rings (SSSR count). The molecule has 0 aliphatic carbocycles. The number of unbranched alkanes of at least 4 members (excludes halogenated alkanes) is 4. The van der Waals surface area contributed by atoms with Gasteiger partial charge in [0.05, 0.1) is 18.1 Å². The number of fused-ring (bicyclic) bond motifs is 1. The number of esters is 1. The fraction of sp³-hybridized carbons (Fsp3) is 0.639. The van der Waals surface area contributed by atoms with Crippen molar-refractivity contribution >= 4 is 29.2 Å². The minimum absolute atomic E-state index is 0.0717. The average molecular weight is 624 g/mol. The lowest BCUT2D eigenvalue weighted by Gasteiger charge is -2.37. The highest BCUT2D eigenvalue weighted by atomic mass is 16.6. The number of hydrogen-bond acceptors (Lipinski definition) is 7. The van der Waals surface area contributed by atoms with E-state index in [1.54, 1.807) is 15.9 Å². The lowest BCUT2D eigenvalue weighted by molar-refractivity contribution is -0.161. The number of aliphatic hydroxyl groups excluding tert-OH is 1. The minimum Gasteiger partial charge on any atom is -0.465 e. The molecule has 1 N–H and O–H groups in total. The van der Waals surface area contributed by atoms with E-state index in [1.165, 1.54) is 0 Å². The molecule has 2 unspecified atom stereocenters. The molecule has 9 heteroatoms. The smallest absolute Gasteiger partial charge is 0.312 e. The molecule has 1 aromatic carbocycles. The molecule has 3 saturated heterocycles. The third-order valence-electron chi connectivity index (χ3n) is 10.1. The largest absolute Gasteiger partial charge is 0.465 e. The Bertz CT molecular complexity index is 1200. The molecule has 9 nitrogen and oxygen atoms in total. The van der Waals surface area contributed by atoms with Gasteiger partial charge in [0.15, 0.2) is 0 Å². The summed E-state index contributed by atoms with van der Waals surface area (Å²) < 4.78 is 12.7. The summed E-state index contributed by atoms with van der Waals surface area (Å²) in [7, 11) is 0. The summed E-state index contributed by atoms with van der Waals surface area (Å²) in [6, 6.07) is 7.04. The lowest BCUT2D eigenvalue weighted by atomic mass is 9.65. The van der Waals surface area contributed by atoms with Crippen molar-refractivity contribution in [2.75, 3.05) is 49.2 Å². The first-order valence-electron chi connectivity index (χ1n) is 16.9. The van der Waals surface area contributed by atoms with Crippen molar-refractivity contribution in [1.82, 2.24) is 4.90 Å². The maximum atomic E-state index is 14.8. The van der Waals surface area contributed by atoms with Crippen LogP contribution in [0.3, 0.4) is 0 Å². The van der Waals surface area contributed by atoms with E-state index in [0.29, 0.717) is 38.6 Å². The maximum Gasteiger partial charge on any atom is 0.312 e. The molecule has 45 heavy (non-hydrogen) atoms. The fourth-order valence-electron chi connectivity index (χ4n) is 7.85. The van der Waals surface area contributed by atoms with Crippen LogP contribution in [0.2, 0.25) is 0 Å². The van der Waals surface area contributed by atoms with Gasteiger partial charge in [-0.05, 0) is 95.9 Å². The number of carbonyl (C=O) groups is 3. The van der Waals surface area contributed by atoms with Crippen LogP contribution in [0.15, 0.2) is 49.6 Å². The SMILES string of the molecule is C=CCCCCOC(=O)[C@H]1[C@H]2C(=O)N(CCCCCO)C(C(=O)N(CC=C)c3ccc(N(CC)CC)cc3)C23CC[C@]1(CC)O3. The summed E-state index contributed by atoms with van der Waals surface area (Å²) in [5, 5.41) is 9.35. The van der Waals surface area contributed by atoms with Crippen molar-refractivity contribution in [3.63, 3.8) is 0 Å². The van der Waals surface area contributed by atoms with Gasteiger partial charge in [-0.1, -0.05) is 19.1 Å². The first-order valence-corrected chi connectivity index (χ1v) is 16.9. The molecule has 1 spiro atoms. The Morgan fingerprint density at radius 3 is 2.36 bits per heavy atom. The van der Waals surface area contributed by atoms with Gasteiger partial charge < -0.3 is 29.3 Å². The fourth-order valence-corrected chi connectivity index (χ4v) is 7.85. The molecule has 3 fully saturated rings. The normalized spacial score (nSPS) is 26.5. The molecule has 3 heterocycles. The summed E-state index contributed by atoms with van der Waals surface area (Å²) in [4.78, 5) is 48.6. The number of rotatable bonds is 19. The van der Waals surface area contributed by atoms with Gasteiger partial charge in [-0.2, -0.15) is 0 Å². The number of amides is 2. The van der Waals surface area contributed by atoms with Crippen molar-refractivity contribution in [2.45, 2.75) is 95.8 Å². The van der Waals surface area contributed by atoms with Crippen LogP contribution in [0.1, 0.15) is 78.6 Å². The van der Waals surface area contributed by atoms with Gasteiger partial charge in [0.25, 0.3) is 5.91 Å². The molecule has 3 aliphatic heterocycles. The molecule has 0 saturated carbocycles. The van der Waals surface area contributed by atoms with Crippen LogP contribution < -0.4 is 9.80 Å². The first-order chi connectivity index (χ1) is 21.8. The van der Waals surface area contributed by atoms with Crippen molar-refractivity contribution in [2.24, 2.45) is 11.8 Å². The Labute approximate surface area is 269 Å². The highest BCUT2D eigenvalue weighted by Crippen LogP contribution is 2.64. The van der Waals surface area contributed by atoms with Crippen LogP contribution in [0, 0.1) is 11.8 Å². The Kier molecular flexibility index (Phi) is 11.9. The minimum atomic E-state index is -1.12. The van der Waals surface area contributed by atoms with Gasteiger partial charge in [-0.25, -0.2) is 0 Å². The highest BCUT2D eigenvalue weighted by Gasteiger charge is 2.79. The third kappa shape index (κ3) is 6.57. The standard InChI is InChI=1S/C36H53N3O6/c1-6-11-12-16-26-44-34(43)30-29-32(41)39(24-14-13-15-25-40)31(36(29)22-21-35(30,8-3)45-36)33(42)38(23-7-2)28-19-17-27(18-20-28)37(9-4)10-5/h6-7,17-20,29-31,40H,1-2,8-16,21-26H2,3-5H3/t29-,30+,31?,35-,36?/m0/s1. The summed E-state index contributed by atoms with van der Waals surface area (Å²) in [6.45, 7) is 16.6. The predicted octanol–water partition coefficient (Wildman–Crippen LogP) is 5.27. The topological polar surface area (TPSA) is 99.6 Å². The van der Waals surface area contributed by atoms with E-state index in [0.717, 1.165) is 50.1 Å². The van der Waals surface area contributed by atoms with Crippen molar-refractivity contribution in [3.05, 3.63) is 49.6 Å². The van der Waals surface area contributed by atoms with E-state index in [2.05, 4.69) is 31.9 Å². The van der Waals surface area contributed by atoms with Crippen LogP contribution in [0.25, 0.3) is 0 Å². The second-order valence-electron chi connectivity index (χ2n) is 12.5. The predicted molar refractivity (Wildman–Crippen MR) is 177 cm³/mol. The molecule has 1 aromatic rings. The highest BCUT2D eigenvalue weighted by molar-refractivity contribution is 6.05. The van der Waals surface area contributed by atoms with Crippen LogP contribution in [0.5, 0.6) is 0 Å². The quantitative estimate of drug-likeness (QED) is 0.127. The van der Waals surface area contributed by atoms with E-state index in [4.69, 9.17) is 9.47 Å². The Balaban J connectivity index is 1.70. The van der Waals surface area contributed by atoms with Gasteiger partial charge in [0.1, 0.15) is 17.6 Å². The summed E-state index contributed by atoms with van der Waals surface area (Å²) in [5.74, 6) is -2.39. The van der Waals surface area contributed by atoms with Crippen molar-refractivity contribution in [3.8, 4) is 0 Å². The molecular formula is C36H53N3O6. The Hall–Kier alpha value is -3.17. The summed E-state index contributed by atoms with van der Waals surface area (Å²) in [6.07, 6.45) is 9.61. The second kappa shape index (κ2) is 15.4. The van der Waals surface area contributed by atoms with Crippen LogP contribution >= 0.6 is 0 Å². The second-order valence-corrected chi connectivity index (χ2v) is 12.5. The number of aliphatic hydroxyl groups is 1. The van der Waals surface area contributed by atoms with Gasteiger partial charge in [0.2, 0.25) is 5.91 Å². The number of benzene rings is 1. The molecular weight excluding hydrogens is 570 g/mol. The van der Waals surface area contributed by atoms with E-state index >= 15 is 0 Å². The van der Waals surface area contributed by atoms with Gasteiger partial charge >= 0.3 is 5.97 Å². The molecule has 0 radical (unpaired) electrons. The number of nitrogens with zero attached hydrogens (tertiary/aromatic N) is 3.